The summed E-state index contributed by atoms with van der Waals surface area (Å²) in [4.78, 5) is 0. The second kappa shape index (κ2) is 12.0. The highest BCUT2D eigenvalue weighted by molar-refractivity contribution is 6.30. The van der Waals surface area contributed by atoms with Gasteiger partial charge < -0.3 is 14.8 Å². The summed E-state index contributed by atoms with van der Waals surface area (Å²) in [6.07, 6.45) is 8.79. The third kappa shape index (κ3) is 7.05. The van der Waals surface area contributed by atoms with Crippen LogP contribution in [0.3, 0.4) is 0 Å². The molecule has 0 radical (unpaired) electrons. The average Bonchev–Trinajstić information content (AvgIpc) is 2.72. The van der Waals surface area contributed by atoms with Crippen molar-refractivity contribution in [1.29, 1.82) is 0 Å². The van der Waals surface area contributed by atoms with Crippen LogP contribution in [0.25, 0.3) is 0 Å². The number of rotatable bonds is 9. The van der Waals surface area contributed by atoms with Crippen LogP contribution in [0.1, 0.15) is 43.2 Å². The molecule has 0 unspecified atom stereocenters. The van der Waals surface area contributed by atoms with Gasteiger partial charge in [-0.3, -0.25) is 0 Å². The summed E-state index contributed by atoms with van der Waals surface area (Å²) >= 11 is 5.92. The summed E-state index contributed by atoms with van der Waals surface area (Å²) < 4.78 is 11.4. The van der Waals surface area contributed by atoms with E-state index in [9.17, 15) is 0 Å². The molecule has 28 heavy (non-hydrogen) atoms. The lowest BCUT2D eigenvalue weighted by Crippen LogP contribution is -2.15. The molecule has 2 aromatic carbocycles. The van der Waals surface area contributed by atoms with E-state index in [0.717, 1.165) is 41.6 Å². The van der Waals surface area contributed by atoms with Crippen molar-refractivity contribution >= 4 is 24.0 Å². The van der Waals surface area contributed by atoms with Gasteiger partial charge in [-0.15, -0.1) is 12.4 Å². The zero-order chi connectivity index (χ0) is 18.9. The Balaban J connectivity index is 0.00000280. The molecule has 152 valence electrons. The van der Waals surface area contributed by atoms with Gasteiger partial charge in [0.05, 0.1) is 7.11 Å². The predicted octanol–water partition coefficient (Wildman–Crippen LogP) is 6.33. The SMILES string of the molecule is COc1cc(CNCCC2=CCCCC2)ccc1OCc1ccc(Cl)cc1.Cl. The topological polar surface area (TPSA) is 30.5 Å². The highest BCUT2D eigenvalue weighted by atomic mass is 35.5. The minimum absolute atomic E-state index is 0. The van der Waals surface area contributed by atoms with Gasteiger partial charge in [0, 0.05) is 11.6 Å². The third-order valence-corrected chi connectivity index (χ3v) is 5.12. The second-order valence-electron chi connectivity index (χ2n) is 6.94. The summed E-state index contributed by atoms with van der Waals surface area (Å²) in [6.45, 7) is 2.34. The first kappa shape index (κ1) is 22.6. The van der Waals surface area contributed by atoms with Gasteiger partial charge in [-0.25, -0.2) is 0 Å². The van der Waals surface area contributed by atoms with Crippen LogP contribution >= 0.6 is 24.0 Å². The fourth-order valence-electron chi connectivity index (χ4n) is 3.30. The van der Waals surface area contributed by atoms with Gasteiger partial charge in [0.1, 0.15) is 6.61 Å². The first-order valence-electron chi connectivity index (χ1n) is 9.67. The minimum Gasteiger partial charge on any atom is -0.493 e. The Hall–Kier alpha value is -1.68. The van der Waals surface area contributed by atoms with Gasteiger partial charge in [0.2, 0.25) is 0 Å². The molecule has 0 atom stereocenters. The Morgan fingerprint density at radius 1 is 1.00 bits per heavy atom. The number of hydrogen-bond donors (Lipinski definition) is 1. The fourth-order valence-corrected chi connectivity index (χ4v) is 3.42. The molecule has 0 aliphatic heterocycles. The van der Waals surface area contributed by atoms with Crippen LogP contribution in [0.15, 0.2) is 54.1 Å². The number of hydrogen-bond acceptors (Lipinski definition) is 3. The van der Waals surface area contributed by atoms with Crippen molar-refractivity contribution < 1.29 is 9.47 Å². The standard InChI is InChI=1S/C23H28ClNO2.ClH/c1-26-23-15-20(16-25-14-13-18-5-3-2-4-6-18)9-12-22(23)27-17-19-7-10-21(24)11-8-19;/h5,7-12,15,25H,2-4,6,13-14,16-17H2,1H3;1H. The molecule has 3 nitrogen and oxygen atoms in total. The highest BCUT2D eigenvalue weighted by Crippen LogP contribution is 2.29. The lowest BCUT2D eigenvalue weighted by atomic mass is 9.97. The Morgan fingerprint density at radius 2 is 1.79 bits per heavy atom. The zero-order valence-electron chi connectivity index (χ0n) is 16.4. The number of methoxy groups -OCH3 is 1. The number of ether oxygens (including phenoxy) is 2. The maximum atomic E-state index is 5.92. The maximum absolute atomic E-state index is 5.92. The molecule has 1 N–H and O–H groups in total. The Kier molecular flexibility index (Phi) is 9.69. The Bertz CT molecular complexity index is 760. The van der Waals surface area contributed by atoms with Crippen molar-refractivity contribution in [3.8, 4) is 11.5 Å². The molecule has 0 saturated carbocycles. The number of allylic oxidation sites excluding steroid dienone is 1. The predicted molar refractivity (Wildman–Crippen MR) is 119 cm³/mol. The zero-order valence-corrected chi connectivity index (χ0v) is 18.0. The summed E-state index contributed by atoms with van der Waals surface area (Å²) in [5.41, 5.74) is 3.88. The Morgan fingerprint density at radius 3 is 2.50 bits per heavy atom. The molecular formula is C23H29Cl2NO2. The molecule has 3 rings (SSSR count). The van der Waals surface area contributed by atoms with Crippen molar-refractivity contribution in [2.75, 3.05) is 13.7 Å². The van der Waals surface area contributed by atoms with Crippen LogP contribution in [0.5, 0.6) is 11.5 Å². The summed E-state index contributed by atoms with van der Waals surface area (Å²) in [5, 5.41) is 4.26. The van der Waals surface area contributed by atoms with Crippen molar-refractivity contribution in [1.82, 2.24) is 5.32 Å². The Labute approximate surface area is 179 Å². The van der Waals surface area contributed by atoms with Crippen molar-refractivity contribution in [2.24, 2.45) is 0 Å². The summed E-state index contributed by atoms with van der Waals surface area (Å²) in [7, 11) is 1.68. The van der Waals surface area contributed by atoms with Crippen LogP contribution < -0.4 is 14.8 Å². The molecule has 0 spiro atoms. The minimum atomic E-state index is 0. The van der Waals surface area contributed by atoms with E-state index >= 15 is 0 Å². The van der Waals surface area contributed by atoms with Gasteiger partial charge >= 0.3 is 0 Å². The molecular weight excluding hydrogens is 393 g/mol. The normalized spacial score (nSPS) is 13.4. The van der Waals surface area contributed by atoms with Gasteiger partial charge in [0.15, 0.2) is 11.5 Å². The number of nitrogens with one attached hydrogen (secondary N) is 1. The van der Waals surface area contributed by atoms with Crippen molar-refractivity contribution in [2.45, 2.75) is 45.3 Å². The van der Waals surface area contributed by atoms with E-state index in [2.05, 4.69) is 17.5 Å². The molecule has 0 heterocycles. The van der Waals surface area contributed by atoms with Gasteiger partial charge in [-0.2, -0.15) is 0 Å². The van der Waals surface area contributed by atoms with Gasteiger partial charge in [-0.05, 0) is 74.0 Å². The summed E-state index contributed by atoms with van der Waals surface area (Å²) in [5.74, 6) is 1.52. The van der Waals surface area contributed by atoms with E-state index in [1.165, 1.54) is 31.2 Å². The average molecular weight is 422 g/mol. The van der Waals surface area contributed by atoms with E-state index in [1.54, 1.807) is 12.7 Å². The van der Waals surface area contributed by atoms with Crippen molar-refractivity contribution in [3.63, 3.8) is 0 Å². The quantitative estimate of drug-likeness (QED) is 0.378. The van der Waals surface area contributed by atoms with Crippen LogP contribution in [-0.2, 0) is 13.2 Å². The van der Waals surface area contributed by atoms with E-state index in [1.807, 2.05) is 36.4 Å². The number of benzene rings is 2. The molecule has 0 aromatic heterocycles. The molecule has 1 aliphatic carbocycles. The highest BCUT2D eigenvalue weighted by Gasteiger charge is 2.07. The van der Waals surface area contributed by atoms with Crippen LogP contribution in [0.2, 0.25) is 5.02 Å². The molecule has 0 bridgehead atoms. The largest absolute Gasteiger partial charge is 0.493 e. The van der Waals surface area contributed by atoms with Crippen LogP contribution in [-0.4, -0.2) is 13.7 Å². The first-order chi connectivity index (χ1) is 13.2. The molecule has 0 fully saturated rings. The van der Waals surface area contributed by atoms with E-state index < -0.39 is 0 Å². The number of halogens is 2. The third-order valence-electron chi connectivity index (χ3n) is 4.87. The van der Waals surface area contributed by atoms with E-state index in [0.29, 0.717) is 6.61 Å². The van der Waals surface area contributed by atoms with Crippen LogP contribution in [0.4, 0.5) is 0 Å². The smallest absolute Gasteiger partial charge is 0.161 e. The fraction of sp³-hybridized carbons (Fsp3) is 0.391. The lowest BCUT2D eigenvalue weighted by Gasteiger charge is -2.14. The monoisotopic (exact) mass is 421 g/mol. The van der Waals surface area contributed by atoms with Crippen LogP contribution in [0, 0.1) is 0 Å². The summed E-state index contributed by atoms with van der Waals surface area (Å²) in [6, 6.07) is 13.8. The maximum Gasteiger partial charge on any atom is 0.161 e. The van der Waals surface area contributed by atoms with Gasteiger partial charge in [-0.1, -0.05) is 41.4 Å². The molecule has 2 aromatic rings. The molecule has 1 aliphatic rings. The second-order valence-corrected chi connectivity index (χ2v) is 7.37. The molecule has 0 amide bonds. The molecule has 5 heteroatoms. The lowest BCUT2D eigenvalue weighted by molar-refractivity contribution is 0.284. The van der Waals surface area contributed by atoms with Crippen molar-refractivity contribution in [3.05, 3.63) is 70.3 Å². The van der Waals surface area contributed by atoms with Gasteiger partial charge in [0.25, 0.3) is 0 Å². The molecule has 0 saturated heterocycles. The van der Waals surface area contributed by atoms with E-state index in [-0.39, 0.29) is 12.4 Å². The first-order valence-corrected chi connectivity index (χ1v) is 10.0. The van der Waals surface area contributed by atoms with E-state index in [4.69, 9.17) is 21.1 Å².